The summed E-state index contributed by atoms with van der Waals surface area (Å²) in [4.78, 5) is 15.0. The van der Waals surface area contributed by atoms with Gasteiger partial charge in [0, 0.05) is 31.6 Å². The lowest BCUT2D eigenvalue weighted by molar-refractivity contribution is -0.129. The molecule has 1 aliphatic heterocycles. The predicted octanol–water partition coefficient (Wildman–Crippen LogP) is 3.43. The van der Waals surface area contributed by atoms with E-state index < -0.39 is 10.0 Å². The summed E-state index contributed by atoms with van der Waals surface area (Å²) in [6.45, 7) is 3.77. The van der Waals surface area contributed by atoms with Crippen LogP contribution in [0.3, 0.4) is 0 Å². The molecule has 1 amide bonds. The minimum Gasteiger partial charge on any atom is -0.341 e. The third-order valence-electron chi connectivity index (χ3n) is 4.97. The first-order chi connectivity index (χ1) is 12.9. The second-order valence-electron chi connectivity index (χ2n) is 7.04. The number of aryl methyl sites for hydroxylation is 1. The Bertz CT molecular complexity index is 899. The van der Waals surface area contributed by atoms with Gasteiger partial charge in [-0.2, -0.15) is 4.31 Å². The molecule has 0 N–H and O–H groups in total. The highest BCUT2D eigenvalue weighted by Crippen LogP contribution is 2.27. The van der Waals surface area contributed by atoms with Crippen molar-refractivity contribution in [3.63, 3.8) is 0 Å². The van der Waals surface area contributed by atoms with Crippen LogP contribution < -0.4 is 0 Å². The number of carbonyl (C=O) groups excluding carboxylic acids is 1. The zero-order valence-electron chi connectivity index (χ0n) is 15.8. The molecule has 1 aromatic carbocycles. The Labute approximate surface area is 165 Å². The fourth-order valence-corrected chi connectivity index (χ4v) is 6.26. The zero-order chi connectivity index (χ0) is 19.4. The number of benzene rings is 1. The molecule has 0 spiro atoms. The molecule has 1 aliphatic rings. The SMILES string of the molecule is Cc1ccccc1CN(C)C(=O)Cc1ccc(S(=O)(=O)N2CCCCC2)s1. The minimum absolute atomic E-state index is 0.0120. The van der Waals surface area contributed by atoms with E-state index >= 15 is 0 Å². The van der Waals surface area contributed by atoms with Crippen LogP contribution in [0.25, 0.3) is 0 Å². The van der Waals surface area contributed by atoms with Gasteiger partial charge in [0.1, 0.15) is 4.21 Å². The van der Waals surface area contributed by atoms with Crippen LogP contribution in [0.4, 0.5) is 0 Å². The first-order valence-electron chi connectivity index (χ1n) is 9.25. The number of hydrogen-bond donors (Lipinski definition) is 0. The number of piperidine rings is 1. The summed E-state index contributed by atoms with van der Waals surface area (Å²) in [6.07, 6.45) is 3.14. The Morgan fingerprint density at radius 2 is 1.81 bits per heavy atom. The van der Waals surface area contributed by atoms with Crippen LogP contribution in [0.15, 0.2) is 40.6 Å². The van der Waals surface area contributed by atoms with Crippen molar-refractivity contribution in [3.8, 4) is 0 Å². The minimum atomic E-state index is -3.42. The van der Waals surface area contributed by atoms with E-state index in [0.29, 0.717) is 23.8 Å². The lowest BCUT2D eigenvalue weighted by Crippen LogP contribution is -2.35. The van der Waals surface area contributed by atoms with E-state index in [1.165, 1.54) is 11.3 Å². The van der Waals surface area contributed by atoms with E-state index in [-0.39, 0.29) is 12.3 Å². The van der Waals surface area contributed by atoms with Gasteiger partial charge < -0.3 is 4.90 Å². The topological polar surface area (TPSA) is 57.7 Å². The molecule has 2 heterocycles. The third kappa shape index (κ3) is 4.78. The predicted molar refractivity (Wildman–Crippen MR) is 108 cm³/mol. The van der Waals surface area contributed by atoms with Gasteiger partial charge in [0.05, 0.1) is 6.42 Å². The summed E-state index contributed by atoms with van der Waals surface area (Å²) in [5, 5.41) is 0. The van der Waals surface area contributed by atoms with Gasteiger partial charge in [-0.05, 0) is 43.0 Å². The molecule has 146 valence electrons. The molecule has 2 aromatic rings. The van der Waals surface area contributed by atoms with Crippen LogP contribution in [-0.4, -0.2) is 43.7 Å². The van der Waals surface area contributed by atoms with Gasteiger partial charge in [-0.15, -0.1) is 11.3 Å². The van der Waals surface area contributed by atoms with Gasteiger partial charge in [-0.3, -0.25) is 4.79 Å². The molecular formula is C20H26N2O3S2. The molecule has 0 bridgehead atoms. The first kappa shape index (κ1) is 20.0. The summed E-state index contributed by atoms with van der Waals surface area (Å²) < 4.78 is 27.4. The smallest absolute Gasteiger partial charge is 0.252 e. The molecule has 27 heavy (non-hydrogen) atoms. The lowest BCUT2D eigenvalue weighted by atomic mass is 10.1. The summed E-state index contributed by atoms with van der Waals surface area (Å²) in [5.74, 6) is -0.0120. The molecule has 0 atom stereocenters. The van der Waals surface area contributed by atoms with Gasteiger partial charge in [-0.25, -0.2) is 8.42 Å². The fourth-order valence-electron chi connectivity index (χ4n) is 3.24. The van der Waals surface area contributed by atoms with Crippen molar-refractivity contribution in [3.05, 3.63) is 52.4 Å². The van der Waals surface area contributed by atoms with Crippen LogP contribution >= 0.6 is 11.3 Å². The van der Waals surface area contributed by atoms with Crippen molar-refractivity contribution in [2.75, 3.05) is 20.1 Å². The molecule has 1 aromatic heterocycles. The summed E-state index contributed by atoms with van der Waals surface area (Å²) in [7, 11) is -1.64. The molecule has 3 rings (SSSR count). The van der Waals surface area contributed by atoms with Crippen molar-refractivity contribution >= 4 is 27.3 Å². The molecule has 1 fully saturated rings. The summed E-state index contributed by atoms with van der Waals surface area (Å²) >= 11 is 1.21. The Morgan fingerprint density at radius 1 is 1.11 bits per heavy atom. The Kier molecular flexibility index (Phi) is 6.34. The van der Waals surface area contributed by atoms with Crippen LogP contribution in [0.1, 0.15) is 35.3 Å². The van der Waals surface area contributed by atoms with Gasteiger partial charge in [-0.1, -0.05) is 30.7 Å². The van der Waals surface area contributed by atoms with Crippen molar-refractivity contribution in [1.29, 1.82) is 0 Å². The Balaban J connectivity index is 1.64. The van der Waals surface area contributed by atoms with Gasteiger partial charge >= 0.3 is 0 Å². The molecule has 1 saturated heterocycles. The van der Waals surface area contributed by atoms with Gasteiger partial charge in [0.25, 0.3) is 10.0 Å². The zero-order valence-corrected chi connectivity index (χ0v) is 17.5. The van der Waals surface area contributed by atoms with Crippen molar-refractivity contribution < 1.29 is 13.2 Å². The molecular weight excluding hydrogens is 380 g/mol. The molecule has 5 nitrogen and oxygen atoms in total. The largest absolute Gasteiger partial charge is 0.341 e. The molecule has 0 radical (unpaired) electrons. The van der Waals surface area contributed by atoms with E-state index in [9.17, 15) is 13.2 Å². The van der Waals surface area contributed by atoms with Crippen molar-refractivity contribution in [2.24, 2.45) is 0 Å². The van der Waals surface area contributed by atoms with E-state index in [2.05, 4.69) is 0 Å². The summed E-state index contributed by atoms with van der Waals surface area (Å²) in [6, 6.07) is 11.4. The van der Waals surface area contributed by atoms with Gasteiger partial charge in [0.15, 0.2) is 0 Å². The number of sulfonamides is 1. The number of hydrogen-bond acceptors (Lipinski definition) is 4. The standard InChI is InChI=1S/C20H26N2O3S2/c1-16-8-4-5-9-17(16)15-21(2)19(23)14-18-10-11-20(26-18)27(24,25)22-12-6-3-7-13-22/h4-5,8-11H,3,6-7,12-15H2,1-2H3. The average molecular weight is 407 g/mol. The van der Waals surface area contributed by atoms with Crippen LogP contribution in [0.2, 0.25) is 0 Å². The Hall–Kier alpha value is -1.70. The number of likely N-dealkylation sites (N-methyl/N-ethyl adjacent to an activating group) is 1. The maximum atomic E-state index is 12.7. The second kappa shape index (κ2) is 8.54. The molecule has 0 aliphatic carbocycles. The molecule has 0 saturated carbocycles. The van der Waals surface area contributed by atoms with Crippen molar-refractivity contribution in [1.82, 2.24) is 9.21 Å². The van der Waals surface area contributed by atoms with Crippen LogP contribution in [0.5, 0.6) is 0 Å². The van der Waals surface area contributed by atoms with E-state index in [0.717, 1.165) is 35.3 Å². The van der Waals surface area contributed by atoms with Crippen LogP contribution in [0, 0.1) is 6.92 Å². The van der Waals surface area contributed by atoms with Gasteiger partial charge in [0.2, 0.25) is 5.91 Å². The molecule has 7 heteroatoms. The fraction of sp³-hybridized carbons (Fsp3) is 0.450. The van der Waals surface area contributed by atoms with Crippen LogP contribution in [-0.2, 0) is 27.8 Å². The average Bonchev–Trinajstić information content (AvgIpc) is 3.13. The second-order valence-corrected chi connectivity index (χ2v) is 10.4. The number of nitrogens with zero attached hydrogens (tertiary/aromatic N) is 2. The summed E-state index contributed by atoms with van der Waals surface area (Å²) in [5.41, 5.74) is 2.27. The quantitative estimate of drug-likeness (QED) is 0.738. The number of carbonyl (C=O) groups is 1. The highest BCUT2D eigenvalue weighted by Gasteiger charge is 2.27. The number of rotatable bonds is 6. The lowest BCUT2D eigenvalue weighted by Gasteiger charge is -2.25. The number of thiophene rings is 1. The number of amides is 1. The monoisotopic (exact) mass is 406 g/mol. The highest BCUT2D eigenvalue weighted by molar-refractivity contribution is 7.91. The van der Waals surface area contributed by atoms with E-state index in [1.807, 2.05) is 31.2 Å². The normalized spacial score (nSPS) is 15.6. The first-order valence-corrected chi connectivity index (χ1v) is 11.5. The van der Waals surface area contributed by atoms with E-state index in [4.69, 9.17) is 0 Å². The van der Waals surface area contributed by atoms with Crippen molar-refractivity contribution in [2.45, 2.75) is 43.4 Å². The Morgan fingerprint density at radius 3 is 2.52 bits per heavy atom. The highest BCUT2D eigenvalue weighted by atomic mass is 32.2. The maximum Gasteiger partial charge on any atom is 0.252 e. The van der Waals surface area contributed by atoms with E-state index in [1.54, 1.807) is 28.4 Å². The third-order valence-corrected chi connectivity index (χ3v) is 8.42. The molecule has 0 unspecified atom stereocenters. The maximum absolute atomic E-state index is 12.7.